The second kappa shape index (κ2) is 6.18. The summed E-state index contributed by atoms with van der Waals surface area (Å²) < 4.78 is 5.40. The molecule has 4 nitrogen and oxygen atoms in total. The number of ether oxygens (including phenoxy) is 1. The molecule has 0 aromatic heterocycles. The van der Waals surface area contributed by atoms with Crippen LogP contribution in [0, 0.1) is 0 Å². The van der Waals surface area contributed by atoms with Crippen LogP contribution in [0.15, 0.2) is 24.3 Å². The maximum atomic E-state index is 12.0. The largest absolute Gasteiger partial charge is 0.366 e. The van der Waals surface area contributed by atoms with Crippen molar-refractivity contribution in [1.82, 2.24) is 10.6 Å². The monoisotopic (exact) mass is 268 g/mol. The first-order chi connectivity index (χ1) is 8.66. The standard InChI is InChI=1S/C13H17ClN2O2/c1-9(10-3-2-4-11(14)7-10)16-13(17)12-8-15-5-6-18-12/h2-4,7,9,12,15H,5-6,8H2,1H3,(H,16,17)/t9-,12?/m0/s1. The zero-order valence-corrected chi connectivity index (χ0v) is 11.0. The summed E-state index contributed by atoms with van der Waals surface area (Å²) >= 11 is 5.93. The number of rotatable bonds is 3. The van der Waals surface area contributed by atoms with Gasteiger partial charge in [0, 0.05) is 18.1 Å². The molecule has 1 amide bonds. The van der Waals surface area contributed by atoms with E-state index >= 15 is 0 Å². The molecule has 1 aliphatic rings. The van der Waals surface area contributed by atoms with Crippen LogP contribution in [0.5, 0.6) is 0 Å². The number of morpholine rings is 1. The third kappa shape index (κ3) is 3.45. The topological polar surface area (TPSA) is 50.4 Å². The number of benzene rings is 1. The molecule has 1 fully saturated rings. The van der Waals surface area contributed by atoms with Crippen LogP contribution in [0.1, 0.15) is 18.5 Å². The van der Waals surface area contributed by atoms with Gasteiger partial charge in [-0.25, -0.2) is 0 Å². The van der Waals surface area contributed by atoms with Gasteiger partial charge in [0.25, 0.3) is 5.91 Å². The minimum atomic E-state index is -0.402. The van der Waals surface area contributed by atoms with Crippen molar-refractivity contribution >= 4 is 17.5 Å². The van der Waals surface area contributed by atoms with Gasteiger partial charge in [-0.2, -0.15) is 0 Å². The Labute approximate surface area is 112 Å². The molecule has 98 valence electrons. The number of nitrogens with one attached hydrogen (secondary N) is 2. The Morgan fingerprint density at radius 2 is 2.44 bits per heavy atom. The predicted octanol–water partition coefficient (Wildman–Crippen LogP) is 1.51. The SMILES string of the molecule is C[C@H](NC(=O)C1CNCCO1)c1cccc(Cl)c1. The van der Waals surface area contributed by atoms with Crippen molar-refractivity contribution in [3.8, 4) is 0 Å². The van der Waals surface area contributed by atoms with E-state index in [1.165, 1.54) is 0 Å². The molecule has 1 aromatic rings. The quantitative estimate of drug-likeness (QED) is 0.874. The Morgan fingerprint density at radius 3 is 3.11 bits per heavy atom. The fourth-order valence-corrected chi connectivity index (χ4v) is 2.10. The normalized spacial score (nSPS) is 21.3. The lowest BCUT2D eigenvalue weighted by atomic mass is 10.1. The molecule has 0 spiro atoms. The van der Waals surface area contributed by atoms with Crippen molar-refractivity contribution in [3.63, 3.8) is 0 Å². The average molecular weight is 269 g/mol. The summed E-state index contributed by atoms with van der Waals surface area (Å²) in [5.41, 5.74) is 0.986. The summed E-state index contributed by atoms with van der Waals surface area (Å²) in [4.78, 5) is 12.0. The van der Waals surface area contributed by atoms with Crippen molar-refractivity contribution in [3.05, 3.63) is 34.9 Å². The molecule has 2 rings (SSSR count). The average Bonchev–Trinajstić information content (AvgIpc) is 2.39. The van der Waals surface area contributed by atoms with Crippen LogP contribution in [0.3, 0.4) is 0 Å². The number of halogens is 1. The number of hydrogen-bond donors (Lipinski definition) is 2. The molecule has 0 aliphatic carbocycles. The van der Waals surface area contributed by atoms with Gasteiger partial charge in [0.1, 0.15) is 6.10 Å². The van der Waals surface area contributed by atoms with Crippen LogP contribution < -0.4 is 10.6 Å². The molecule has 1 saturated heterocycles. The minimum absolute atomic E-state index is 0.0817. The molecule has 0 radical (unpaired) electrons. The maximum Gasteiger partial charge on any atom is 0.250 e. The lowest BCUT2D eigenvalue weighted by Crippen LogP contribution is -2.48. The molecule has 5 heteroatoms. The minimum Gasteiger partial charge on any atom is -0.366 e. The number of carbonyl (C=O) groups excluding carboxylic acids is 1. The number of amides is 1. The van der Waals surface area contributed by atoms with Crippen LogP contribution in [0.25, 0.3) is 0 Å². The van der Waals surface area contributed by atoms with Crippen LogP contribution in [-0.2, 0) is 9.53 Å². The zero-order chi connectivity index (χ0) is 13.0. The van der Waals surface area contributed by atoms with E-state index in [1.807, 2.05) is 31.2 Å². The molecule has 1 aromatic carbocycles. The van der Waals surface area contributed by atoms with E-state index < -0.39 is 6.10 Å². The van der Waals surface area contributed by atoms with Crippen molar-refractivity contribution in [2.45, 2.75) is 19.1 Å². The molecule has 2 atom stereocenters. The highest BCUT2D eigenvalue weighted by Crippen LogP contribution is 2.17. The first-order valence-corrected chi connectivity index (χ1v) is 6.43. The van der Waals surface area contributed by atoms with E-state index in [1.54, 1.807) is 0 Å². The number of hydrogen-bond acceptors (Lipinski definition) is 3. The molecule has 1 heterocycles. The molecule has 2 N–H and O–H groups in total. The third-order valence-corrected chi connectivity index (χ3v) is 3.16. The van der Waals surface area contributed by atoms with Gasteiger partial charge >= 0.3 is 0 Å². The summed E-state index contributed by atoms with van der Waals surface area (Å²) in [5, 5.41) is 6.73. The fourth-order valence-electron chi connectivity index (χ4n) is 1.90. The highest BCUT2D eigenvalue weighted by molar-refractivity contribution is 6.30. The van der Waals surface area contributed by atoms with E-state index in [-0.39, 0.29) is 11.9 Å². The van der Waals surface area contributed by atoms with Gasteiger partial charge < -0.3 is 15.4 Å². The third-order valence-electron chi connectivity index (χ3n) is 2.93. The summed E-state index contributed by atoms with van der Waals surface area (Å²) in [5.74, 6) is -0.0883. The molecule has 18 heavy (non-hydrogen) atoms. The van der Waals surface area contributed by atoms with Crippen molar-refractivity contribution in [2.75, 3.05) is 19.7 Å². The Bertz CT molecular complexity index is 419. The van der Waals surface area contributed by atoms with Crippen molar-refractivity contribution in [2.24, 2.45) is 0 Å². The Hall–Kier alpha value is -1.10. The molecular weight excluding hydrogens is 252 g/mol. The van der Waals surface area contributed by atoms with Gasteiger partial charge in [0.2, 0.25) is 0 Å². The summed E-state index contributed by atoms with van der Waals surface area (Å²) in [6, 6.07) is 7.40. The lowest BCUT2D eigenvalue weighted by Gasteiger charge is -2.24. The first-order valence-electron chi connectivity index (χ1n) is 6.05. The van der Waals surface area contributed by atoms with Gasteiger partial charge in [-0.1, -0.05) is 23.7 Å². The Kier molecular flexibility index (Phi) is 4.58. The molecule has 1 unspecified atom stereocenters. The smallest absolute Gasteiger partial charge is 0.250 e. The van der Waals surface area contributed by atoms with Gasteiger partial charge in [-0.15, -0.1) is 0 Å². The summed E-state index contributed by atoms with van der Waals surface area (Å²) in [6.45, 7) is 3.87. The van der Waals surface area contributed by atoms with E-state index in [0.717, 1.165) is 12.1 Å². The Morgan fingerprint density at radius 1 is 1.61 bits per heavy atom. The lowest BCUT2D eigenvalue weighted by molar-refractivity contribution is -0.134. The van der Waals surface area contributed by atoms with E-state index in [2.05, 4.69) is 10.6 Å². The predicted molar refractivity (Wildman–Crippen MR) is 70.6 cm³/mol. The molecule has 0 bridgehead atoms. The van der Waals surface area contributed by atoms with Gasteiger partial charge in [-0.05, 0) is 24.6 Å². The zero-order valence-electron chi connectivity index (χ0n) is 10.3. The van der Waals surface area contributed by atoms with Gasteiger partial charge in [-0.3, -0.25) is 4.79 Å². The fraction of sp³-hybridized carbons (Fsp3) is 0.462. The van der Waals surface area contributed by atoms with Gasteiger partial charge in [0.05, 0.1) is 12.6 Å². The highest BCUT2D eigenvalue weighted by Gasteiger charge is 2.23. The van der Waals surface area contributed by atoms with Crippen LogP contribution in [-0.4, -0.2) is 31.7 Å². The van der Waals surface area contributed by atoms with Crippen LogP contribution >= 0.6 is 11.6 Å². The van der Waals surface area contributed by atoms with Crippen molar-refractivity contribution in [1.29, 1.82) is 0 Å². The summed E-state index contributed by atoms with van der Waals surface area (Å²) in [6.07, 6.45) is -0.402. The maximum absolute atomic E-state index is 12.0. The van der Waals surface area contributed by atoms with Crippen LogP contribution in [0.2, 0.25) is 5.02 Å². The molecule has 0 saturated carbocycles. The molecular formula is C13H17ClN2O2. The molecule has 1 aliphatic heterocycles. The first kappa shape index (κ1) is 13.3. The van der Waals surface area contributed by atoms with E-state index in [0.29, 0.717) is 18.2 Å². The Balaban J connectivity index is 1.94. The number of carbonyl (C=O) groups is 1. The van der Waals surface area contributed by atoms with Gasteiger partial charge in [0.15, 0.2) is 0 Å². The summed E-state index contributed by atoms with van der Waals surface area (Å²) in [7, 11) is 0. The second-order valence-corrected chi connectivity index (χ2v) is 4.79. The van der Waals surface area contributed by atoms with E-state index in [4.69, 9.17) is 16.3 Å². The second-order valence-electron chi connectivity index (χ2n) is 4.35. The van der Waals surface area contributed by atoms with Crippen molar-refractivity contribution < 1.29 is 9.53 Å². The van der Waals surface area contributed by atoms with Crippen LogP contribution in [0.4, 0.5) is 0 Å². The highest BCUT2D eigenvalue weighted by atomic mass is 35.5. The van der Waals surface area contributed by atoms with E-state index in [9.17, 15) is 4.79 Å².